The summed E-state index contributed by atoms with van der Waals surface area (Å²) in [6.07, 6.45) is 6.44. The smallest absolute Gasteiger partial charge is 0.253 e. The number of rotatable bonds is 4. The molecule has 1 aromatic heterocycles. The van der Waals surface area contributed by atoms with Gasteiger partial charge >= 0.3 is 0 Å². The van der Waals surface area contributed by atoms with Gasteiger partial charge < -0.3 is 15.0 Å². The lowest BCUT2D eigenvalue weighted by Gasteiger charge is -2.28. The fraction of sp³-hybridized carbons (Fsp3) is 0.450. The second-order valence-electron chi connectivity index (χ2n) is 7.36. The molecule has 7 heteroatoms. The van der Waals surface area contributed by atoms with Crippen LogP contribution in [0.15, 0.2) is 40.2 Å². The van der Waals surface area contributed by atoms with E-state index in [4.69, 9.17) is 10.5 Å². The lowest BCUT2D eigenvalue weighted by Crippen LogP contribution is -2.31. The minimum Gasteiger partial charge on any atom is -0.490 e. The van der Waals surface area contributed by atoms with Crippen LogP contribution in [0.4, 0.5) is 0 Å². The number of benzene rings is 1. The van der Waals surface area contributed by atoms with Crippen LogP contribution in [0, 0.1) is 6.92 Å². The summed E-state index contributed by atoms with van der Waals surface area (Å²) in [5.74, 6) is 0.597. The summed E-state index contributed by atoms with van der Waals surface area (Å²) in [4.78, 5) is 12.6. The molecular formula is C20H26N2O4S. The Morgan fingerprint density at radius 2 is 1.78 bits per heavy atom. The molecule has 6 nitrogen and oxygen atoms in total. The number of sulfone groups is 1. The Bertz CT molecular complexity index is 1000. The number of nitrogens with two attached hydrogens (primary N) is 1. The summed E-state index contributed by atoms with van der Waals surface area (Å²) in [5.41, 5.74) is 7.72. The Hall–Kier alpha value is -2.12. The first-order valence-corrected chi connectivity index (χ1v) is 11.0. The largest absolute Gasteiger partial charge is 0.490 e. The molecule has 0 atom stereocenters. The minimum absolute atomic E-state index is 0.0412. The molecule has 1 aliphatic carbocycles. The Kier molecular flexibility index (Phi) is 5.44. The second kappa shape index (κ2) is 7.48. The highest BCUT2D eigenvalue weighted by Gasteiger charge is 2.22. The van der Waals surface area contributed by atoms with Crippen molar-refractivity contribution in [1.82, 2.24) is 4.57 Å². The zero-order valence-corrected chi connectivity index (χ0v) is 16.8. The number of aryl methyl sites for hydroxylation is 1. The monoisotopic (exact) mass is 390 g/mol. The molecule has 146 valence electrons. The van der Waals surface area contributed by atoms with Crippen LogP contribution < -0.4 is 16.0 Å². The van der Waals surface area contributed by atoms with Crippen molar-refractivity contribution in [2.24, 2.45) is 12.8 Å². The predicted octanol–water partition coefficient (Wildman–Crippen LogP) is 2.41. The molecule has 0 unspecified atom stereocenters. The number of ether oxygens (including phenoxy) is 1. The molecule has 1 heterocycles. The van der Waals surface area contributed by atoms with E-state index in [2.05, 4.69) is 0 Å². The number of hydrogen-bond acceptors (Lipinski definition) is 5. The van der Waals surface area contributed by atoms with Gasteiger partial charge in [0.15, 0.2) is 9.84 Å². The van der Waals surface area contributed by atoms with Crippen LogP contribution in [0.3, 0.4) is 0 Å². The third kappa shape index (κ3) is 4.25. The predicted molar refractivity (Wildman–Crippen MR) is 106 cm³/mol. The van der Waals surface area contributed by atoms with Gasteiger partial charge in [0.25, 0.3) is 5.56 Å². The lowest BCUT2D eigenvalue weighted by atomic mass is 9.93. The first kappa shape index (κ1) is 19.6. The van der Waals surface area contributed by atoms with Crippen LogP contribution in [-0.2, 0) is 16.9 Å². The fourth-order valence-electron chi connectivity index (χ4n) is 3.49. The standard InChI is InChI=1S/C20H26N2O4S/c1-13-17(10-11-22(2)20(13)23)18-12-16(27(3,24)25)8-9-19(18)26-15-6-4-14(21)5-7-15/h8-12,14-15H,4-7,21H2,1-3H3. The molecule has 27 heavy (non-hydrogen) atoms. The van der Waals surface area contributed by atoms with Crippen LogP contribution >= 0.6 is 0 Å². The molecule has 2 N–H and O–H groups in total. The van der Waals surface area contributed by atoms with Gasteiger partial charge in [-0.05, 0) is 62.4 Å². The van der Waals surface area contributed by atoms with Gasteiger partial charge in [-0.2, -0.15) is 0 Å². The summed E-state index contributed by atoms with van der Waals surface area (Å²) in [7, 11) is -1.69. The van der Waals surface area contributed by atoms with Crippen molar-refractivity contribution < 1.29 is 13.2 Å². The molecule has 1 saturated carbocycles. The normalized spacial score (nSPS) is 20.4. The zero-order chi connectivity index (χ0) is 19.8. The Balaban J connectivity index is 2.09. The van der Waals surface area contributed by atoms with E-state index >= 15 is 0 Å². The summed E-state index contributed by atoms with van der Waals surface area (Å²) in [5, 5.41) is 0. The van der Waals surface area contributed by atoms with E-state index < -0.39 is 9.84 Å². The Labute approximate surface area is 159 Å². The molecule has 0 amide bonds. The highest BCUT2D eigenvalue weighted by atomic mass is 32.2. The summed E-state index contributed by atoms with van der Waals surface area (Å²) >= 11 is 0. The fourth-order valence-corrected chi connectivity index (χ4v) is 4.14. The van der Waals surface area contributed by atoms with Crippen molar-refractivity contribution in [3.63, 3.8) is 0 Å². The van der Waals surface area contributed by atoms with E-state index in [1.165, 1.54) is 10.8 Å². The average molecular weight is 391 g/mol. The van der Waals surface area contributed by atoms with Gasteiger partial charge in [-0.15, -0.1) is 0 Å². The van der Waals surface area contributed by atoms with E-state index in [1.54, 1.807) is 38.4 Å². The molecule has 1 fully saturated rings. The van der Waals surface area contributed by atoms with E-state index in [-0.39, 0.29) is 22.6 Å². The number of pyridine rings is 1. The average Bonchev–Trinajstić information content (AvgIpc) is 2.61. The first-order valence-electron chi connectivity index (χ1n) is 9.10. The maximum absolute atomic E-state index is 12.4. The topological polar surface area (TPSA) is 91.4 Å². The first-order chi connectivity index (χ1) is 12.7. The minimum atomic E-state index is -3.38. The number of hydrogen-bond donors (Lipinski definition) is 1. The zero-order valence-electron chi connectivity index (χ0n) is 15.9. The molecule has 1 aromatic carbocycles. The van der Waals surface area contributed by atoms with Crippen molar-refractivity contribution in [1.29, 1.82) is 0 Å². The maximum Gasteiger partial charge on any atom is 0.253 e. The van der Waals surface area contributed by atoms with Crippen molar-refractivity contribution in [2.75, 3.05) is 6.26 Å². The van der Waals surface area contributed by atoms with Crippen molar-refractivity contribution in [3.8, 4) is 16.9 Å². The summed E-state index contributed by atoms with van der Waals surface area (Å²) < 4.78 is 31.8. The van der Waals surface area contributed by atoms with Crippen LogP contribution in [0.2, 0.25) is 0 Å². The van der Waals surface area contributed by atoms with Crippen LogP contribution in [0.25, 0.3) is 11.1 Å². The van der Waals surface area contributed by atoms with Crippen molar-refractivity contribution in [2.45, 2.75) is 49.6 Å². The van der Waals surface area contributed by atoms with Gasteiger partial charge in [-0.1, -0.05) is 0 Å². The van der Waals surface area contributed by atoms with Gasteiger partial charge in [0.1, 0.15) is 5.75 Å². The number of aromatic nitrogens is 1. The molecule has 3 rings (SSSR count). The van der Waals surface area contributed by atoms with E-state index in [1.807, 2.05) is 6.07 Å². The van der Waals surface area contributed by atoms with Crippen molar-refractivity contribution in [3.05, 3.63) is 46.4 Å². The highest BCUT2D eigenvalue weighted by Crippen LogP contribution is 2.35. The van der Waals surface area contributed by atoms with Crippen LogP contribution in [0.5, 0.6) is 5.75 Å². The van der Waals surface area contributed by atoms with Crippen LogP contribution in [0.1, 0.15) is 31.2 Å². The molecule has 0 bridgehead atoms. The second-order valence-corrected chi connectivity index (χ2v) is 9.37. The van der Waals surface area contributed by atoms with Gasteiger partial charge in [0, 0.05) is 36.7 Å². The quantitative estimate of drug-likeness (QED) is 0.866. The molecular weight excluding hydrogens is 364 g/mol. The summed E-state index contributed by atoms with van der Waals surface area (Å²) in [6, 6.07) is 6.88. The molecule has 0 saturated heterocycles. The SMILES string of the molecule is Cc1c(-c2cc(S(C)(=O)=O)ccc2OC2CCC(N)CC2)ccn(C)c1=O. The van der Waals surface area contributed by atoms with Crippen molar-refractivity contribution >= 4 is 9.84 Å². The highest BCUT2D eigenvalue weighted by molar-refractivity contribution is 7.90. The van der Waals surface area contributed by atoms with Gasteiger partial charge in [0.2, 0.25) is 0 Å². The van der Waals surface area contributed by atoms with Crippen LogP contribution in [-0.4, -0.2) is 31.4 Å². The van der Waals surface area contributed by atoms with E-state index in [0.29, 0.717) is 22.4 Å². The number of nitrogens with zero attached hydrogens (tertiary/aromatic N) is 1. The Morgan fingerprint density at radius 3 is 2.41 bits per heavy atom. The molecule has 2 aromatic rings. The van der Waals surface area contributed by atoms with E-state index in [0.717, 1.165) is 25.7 Å². The maximum atomic E-state index is 12.4. The van der Waals surface area contributed by atoms with Gasteiger partial charge in [0.05, 0.1) is 11.0 Å². The lowest BCUT2D eigenvalue weighted by molar-refractivity contribution is 0.148. The van der Waals surface area contributed by atoms with Gasteiger partial charge in [-0.3, -0.25) is 4.79 Å². The van der Waals surface area contributed by atoms with Gasteiger partial charge in [-0.25, -0.2) is 8.42 Å². The Morgan fingerprint density at radius 1 is 1.11 bits per heavy atom. The third-order valence-corrected chi connectivity index (χ3v) is 6.30. The summed E-state index contributed by atoms with van der Waals surface area (Å²) in [6.45, 7) is 1.74. The molecule has 0 radical (unpaired) electrons. The molecule has 0 aliphatic heterocycles. The third-order valence-electron chi connectivity index (χ3n) is 5.19. The molecule has 0 spiro atoms. The van der Waals surface area contributed by atoms with E-state index in [9.17, 15) is 13.2 Å². The molecule has 1 aliphatic rings.